The lowest BCUT2D eigenvalue weighted by Gasteiger charge is -2.17. The van der Waals surface area contributed by atoms with Crippen molar-refractivity contribution in [1.82, 2.24) is 5.32 Å². The largest absolute Gasteiger partial charge is 0.466 e. The zero-order valence-corrected chi connectivity index (χ0v) is 12.4. The molecular formula is C16H16F3NO3. The Labute approximate surface area is 131 Å². The van der Waals surface area contributed by atoms with Crippen molar-refractivity contribution in [3.05, 3.63) is 47.5 Å². The van der Waals surface area contributed by atoms with E-state index in [2.05, 4.69) is 10.1 Å². The standard InChI is InChI=1S/C16H16F3NO3/c1-23-13(21)6-3-9-20-14(22)15(7-8-15)11-4-2-5-12(10-11)16(17,18)19/h2-6,10H,7-9H2,1H3,(H,20,22)/b6-3+. The first kappa shape index (κ1) is 17.1. The lowest BCUT2D eigenvalue weighted by atomic mass is 9.93. The molecule has 0 radical (unpaired) electrons. The van der Waals surface area contributed by atoms with Gasteiger partial charge in [0, 0.05) is 12.6 Å². The maximum Gasteiger partial charge on any atom is 0.416 e. The third-order valence-corrected chi connectivity index (χ3v) is 3.76. The molecule has 1 fully saturated rings. The molecule has 0 spiro atoms. The topological polar surface area (TPSA) is 55.4 Å². The van der Waals surface area contributed by atoms with Crippen LogP contribution < -0.4 is 5.32 Å². The van der Waals surface area contributed by atoms with Gasteiger partial charge in [0.2, 0.25) is 5.91 Å². The molecule has 0 atom stereocenters. The normalized spacial score (nSPS) is 16.2. The summed E-state index contributed by atoms with van der Waals surface area (Å²) >= 11 is 0. The average Bonchev–Trinajstić information content (AvgIpc) is 3.32. The number of benzene rings is 1. The van der Waals surface area contributed by atoms with E-state index in [0.29, 0.717) is 18.4 Å². The summed E-state index contributed by atoms with van der Waals surface area (Å²) in [7, 11) is 1.23. The van der Waals surface area contributed by atoms with Crippen LogP contribution in [0.5, 0.6) is 0 Å². The van der Waals surface area contributed by atoms with Crippen molar-refractivity contribution < 1.29 is 27.5 Å². The van der Waals surface area contributed by atoms with Gasteiger partial charge in [-0.15, -0.1) is 0 Å². The van der Waals surface area contributed by atoms with Gasteiger partial charge >= 0.3 is 12.1 Å². The fourth-order valence-corrected chi connectivity index (χ4v) is 2.31. The predicted molar refractivity (Wildman–Crippen MR) is 76.5 cm³/mol. The lowest BCUT2D eigenvalue weighted by Crippen LogP contribution is -2.35. The summed E-state index contributed by atoms with van der Waals surface area (Å²) in [4.78, 5) is 23.2. The molecule has 1 aromatic rings. The first-order valence-electron chi connectivity index (χ1n) is 7.00. The van der Waals surface area contributed by atoms with Crippen LogP contribution in [-0.4, -0.2) is 25.5 Å². The molecule has 0 saturated heterocycles. The molecule has 23 heavy (non-hydrogen) atoms. The van der Waals surface area contributed by atoms with Crippen molar-refractivity contribution >= 4 is 11.9 Å². The van der Waals surface area contributed by atoms with Crippen molar-refractivity contribution in [1.29, 1.82) is 0 Å². The van der Waals surface area contributed by atoms with E-state index in [4.69, 9.17) is 0 Å². The van der Waals surface area contributed by atoms with E-state index in [1.54, 1.807) is 0 Å². The molecule has 1 aliphatic rings. The molecule has 1 amide bonds. The maximum atomic E-state index is 12.8. The number of hydrogen-bond acceptors (Lipinski definition) is 3. The number of carbonyl (C=O) groups is 2. The van der Waals surface area contributed by atoms with E-state index in [1.807, 2.05) is 0 Å². The molecule has 0 aromatic heterocycles. The second-order valence-corrected chi connectivity index (χ2v) is 5.30. The smallest absolute Gasteiger partial charge is 0.416 e. The second kappa shape index (κ2) is 6.44. The average molecular weight is 327 g/mol. The van der Waals surface area contributed by atoms with Gasteiger partial charge in [0.25, 0.3) is 0 Å². The van der Waals surface area contributed by atoms with Crippen LogP contribution >= 0.6 is 0 Å². The molecular weight excluding hydrogens is 311 g/mol. The van der Waals surface area contributed by atoms with E-state index in [-0.39, 0.29) is 12.5 Å². The summed E-state index contributed by atoms with van der Waals surface area (Å²) in [6, 6.07) is 4.85. The van der Waals surface area contributed by atoms with Gasteiger partial charge in [-0.1, -0.05) is 24.3 Å². The first-order chi connectivity index (χ1) is 10.8. The van der Waals surface area contributed by atoms with E-state index < -0.39 is 23.1 Å². The molecule has 1 aromatic carbocycles. The Balaban J connectivity index is 2.06. The van der Waals surface area contributed by atoms with Crippen LogP contribution in [0, 0.1) is 0 Å². The Hall–Kier alpha value is -2.31. The number of esters is 1. The minimum Gasteiger partial charge on any atom is -0.466 e. The van der Waals surface area contributed by atoms with Gasteiger partial charge in [-0.3, -0.25) is 4.79 Å². The van der Waals surface area contributed by atoms with Gasteiger partial charge in [0.05, 0.1) is 18.1 Å². The molecule has 0 heterocycles. The number of nitrogens with one attached hydrogen (secondary N) is 1. The van der Waals surface area contributed by atoms with E-state index in [9.17, 15) is 22.8 Å². The number of hydrogen-bond donors (Lipinski definition) is 1. The molecule has 0 aliphatic heterocycles. The fraction of sp³-hybridized carbons (Fsp3) is 0.375. The number of ether oxygens (including phenoxy) is 1. The highest BCUT2D eigenvalue weighted by Gasteiger charge is 2.51. The van der Waals surface area contributed by atoms with Crippen LogP contribution in [0.4, 0.5) is 13.2 Å². The van der Waals surface area contributed by atoms with Crippen LogP contribution in [0.25, 0.3) is 0 Å². The van der Waals surface area contributed by atoms with Crippen molar-refractivity contribution in [2.45, 2.75) is 24.4 Å². The lowest BCUT2D eigenvalue weighted by molar-refractivity contribution is -0.138. The van der Waals surface area contributed by atoms with Gasteiger partial charge in [-0.2, -0.15) is 13.2 Å². The summed E-state index contributed by atoms with van der Waals surface area (Å²) in [6.07, 6.45) is -0.844. The minimum absolute atomic E-state index is 0.106. The van der Waals surface area contributed by atoms with Crippen LogP contribution in [0.2, 0.25) is 0 Å². The highest BCUT2D eigenvalue weighted by molar-refractivity contribution is 5.91. The van der Waals surface area contributed by atoms with Gasteiger partial charge < -0.3 is 10.1 Å². The Morgan fingerprint density at radius 1 is 1.35 bits per heavy atom. The number of halogens is 3. The maximum absolute atomic E-state index is 12.8. The van der Waals surface area contributed by atoms with Crippen molar-refractivity contribution in [3.8, 4) is 0 Å². The number of amides is 1. The predicted octanol–water partition coefficient (Wildman–Crippen LogP) is 2.58. The molecule has 7 heteroatoms. The Bertz CT molecular complexity index is 634. The summed E-state index contributed by atoms with van der Waals surface area (Å²) in [5, 5.41) is 2.61. The highest BCUT2D eigenvalue weighted by atomic mass is 19.4. The van der Waals surface area contributed by atoms with Crippen molar-refractivity contribution in [2.75, 3.05) is 13.7 Å². The molecule has 2 rings (SSSR count). The van der Waals surface area contributed by atoms with Crippen molar-refractivity contribution in [2.24, 2.45) is 0 Å². The summed E-state index contributed by atoms with van der Waals surface area (Å²) < 4.78 is 42.8. The van der Waals surface area contributed by atoms with Gasteiger partial charge in [0.1, 0.15) is 0 Å². The summed E-state index contributed by atoms with van der Waals surface area (Å²) in [5.41, 5.74) is -1.30. The minimum atomic E-state index is -4.44. The number of carbonyl (C=O) groups excluding carboxylic acids is 2. The number of alkyl halides is 3. The third-order valence-electron chi connectivity index (χ3n) is 3.76. The SMILES string of the molecule is COC(=O)/C=C/CNC(=O)C1(c2cccc(C(F)(F)F)c2)CC1. The molecule has 1 saturated carbocycles. The van der Waals surface area contributed by atoms with E-state index >= 15 is 0 Å². The molecule has 0 unspecified atom stereocenters. The Morgan fingerprint density at radius 2 is 2.04 bits per heavy atom. The quantitative estimate of drug-likeness (QED) is 0.668. The Morgan fingerprint density at radius 3 is 2.61 bits per heavy atom. The zero-order valence-electron chi connectivity index (χ0n) is 12.4. The van der Waals surface area contributed by atoms with Gasteiger partial charge in [-0.05, 0) is 24.5 Å². The third kappa shape index (κ3) is 3.91. The molecule has 124 valence electrons. The number of methoxy groups -OCH3 is 1. The van der Waals surface area contributed by atoms with Gasteiger partial charge in [0.15, 0.2) is 0 Å². The summed E-state index contributed by atoms with van der Waals surface area (Å²) in [5.74, 6) is -0.885. The number of rotatable bonds is 5. The molecule has 0 bridgehead atoms. The molecule has 1 N–H and O–H groups in total. The monoisotopic (exact) mass is 327 g/mol. The van der Waals surface area contributed by atoms with Gasteiger partial charge in [-0.25, -0.2) is 4.79 Å². The van der Waals surface area contributed by atoms with E-state index in [1.165, 1.54) is 31.4 Å². The first-order valence-corrected chi connectivity index (χ1v) is 7.00. The van der Waals surface area contributed by atoms with E-state index in [0.717, 1.165) is 12.1 Å². The van der Waals surface area contributed by atoms with Crippen molar-refractivity contribution in [3.63, 3.8) is 0 Å². The van der Waals surface area contributed by atoms with Crippen LogP contribution in [-0.2, 0) is 25.9 Å². The zero-order chi connectivity index (χ0) is 17.1. The summed E-state index contributed by atoms with van der Waals surface area (Å²) in [6.45, 7) is 0.106. The molecule has 1 aliphatic carbocycles. The fourth-order valence-electron chi connectivity index (χ4n) is 2.31. The second-order valence-electron chi connectivity index (χ2n) is 5.30. The Kier molecular flexibility index (Phi) is 4.77. The van der Waals surface area contributed by atoms with Crippen LogP contribution in [0.3, 0.4) is 0 Å². The van der Waals surface area contributed by atoms with Crippen LogP contribution in [0.15, 0.2) is 36.4 Å². The van der Waals surface area contributed by atoms with Crippen LogP contribution in [0.1, 0.15) is 24.0 Å². The highest BCUT2D eigenvalue weighted by Crippen LogP contribution is 2.49. The molecule has 4 nitrogen and oxygen atoms in total.